The van der Waals surface area contributed by atoms with E-state index in [1.165, 1.54) is 82.7 Å². The summed E-state index contributed by atoms with van der Waals surface area (Å²) in [4.78, 5) is 0. The van der Waals surface area contributed by atoms with Gasteiger partial charge in [-0.15, -0.1) is 68.6 Å². The Bertz CT molecular complexity index is 1840. The van der Waals surface area contributed by atoms with Gasteiger partial charge in [0.2, 0.25) is 0 Å². The Morgan fingerprint density at radius 3 is 1.64 bits per heavy atom. The molecule has 0 bridgehead atoms. The van der Waals surface area contributed by atoms with Crippen LogP contribution in [0.3, 0.4) is 0 Å². The Balaban J connectivity index is 0.000000209. The maximum absolute atomic E-state index is 4.93. The monoisotopic (exact) mass is 726 g/mol. The third kappa shape index (κ3) is 9.65. The van der Waals surface area contributed by atoms with Gasteiger partial charge in [0.05, 0.1) is 0 Å². The van der Waals surface area contributed by atoms with Crippen molar-refractivity contribution in [3.05, 3.63) is 130 Å². The van der Waals surface area contributed by atoms with Crippen molar-refractivity contribution in [2.24, 2.45) is 0 Å². The van der Waals surface area contributed by atoms with Gasteiger partial charge in [-0.1, -0.05) is 112 Å². The molecule has 6 rings (SSSR count). The predicted molar refractivity (Wildman–Crippen MR) is 202 cm³/mol. The first kappa shape index (κ1) is 37.2. The van der Waals surface area contributed by atoms with Crippen LogP contribution < -0.4 is 0 Å². The van der Waals surface area contributed by atoms with Crippen LogP contribution in [0.15, 0.2) is 91.0 Å². The van der Waals surface area contributed by atoms with E-state index < -0.39 is 20.8 Å². The first-order chi connectivity index (χ1) is 21.4. The molecule has 0 aromatic heterocycles. The van der Waals surface area contributed by atoms with Gasteiger partial charge in [-0.05, 0) is 55.9 Å². The molecule has 232 valence electrons. The molecule has 0 atom stereocenters. The SMILES string of the molecule is C[Si]C.Cc1ccc(C)c(-c2ccc(C)c3[cH-]c(C)cc23)c1.Cc1ccc(C)c(-c2cccc3[cH-]c(C(C)C)cc23)c1.[Cl][Zr+2][Cl]. The molecule has 0 amide bonds. The molecule has 0 saturated carbocycles. The van der Waals surface area contributed by atoms with E-state index in [9.17, 15) is 0 Å². The number of aryl methyl sites for hydroxylation is 6. The van der Waals surface area contributed by atoms with Gasteiger partial charge in [-0.2, -0.15) is 12.1 Å². The molecule has 4 heteroatoms. The summed E-state index contributed by atoms with van der Waals surface area (Å²) >= 11 is -0.826. The van der Waals surface area contributed by atoms with Crippen molar-refractivity contribution in [3.63, 3.8) is 0 Å². The second kappa shape index (κ2) is 17.6. The van der Waals surface area contributed by atoms with E-state index >= 15 is 0 Å². The minimum absolute atomic E-state index is 0.578. The summed E-state index contributed by atoms with van der Waals surface area (Å²) in [7, 11) is 11.0. The normalized spacial score (nSPS) is 10.4. The standard InChI is InChI=1S/C20H21.C19H19.C2H6Si.2ClH.Zr/c1-13(2)17-11-16-6-5-7-18(20(16)12-17)19-10-14(3)8-9-15(19)4;1-12-5-6-14(3)17(9-12)16-8-7-15(4)18-10-13(2)11-19(16)18;1-3-2;;;/h5-13H,1-4H3;5-11H,1-4H3;1-2H3;2*1H;/q2*-1;;;;+4/p-2. The van der Waals surface area contributed by atoms with Gasteiger partial charge in [-0.3, -0.25) is 0 Å². The molecule has 0 spiro atoms. The van der Waals surface area contributed by atoms with Crippen molar-refractivity contribution < 1.29 is 20.8 Å². The van der Waals surface area contributed by atoms with Gasteiger partial charge in [-0.25, -0.2) is 0 Å². The zero-order valence-corrected chi connectivity index (χ0v) is 33.5. The molecular weight excluding hydrogens is 683 g/mol. The van der Waals surface area contributed by atoms with E-state index in [4.69, 9.17) is 17.0 Å². The molecule has 0 aliphatic rings. The number of hydrogen-bond acceptors (Lipinski definition) is 0. The Morgan fingerprint density at radius 2 is 1.11 bits per heavy atom. The zero-order valence-electron chi connectivity index (χ0n) is 28.5. The Labute approximate surface area is 293 Å². The molecule has 0 nitrogen and oxygen atoms in total. The van der Waals surface area contributed by atoms with Crippen molar-refractivity contribution in [2.75, 3.05) is 0 Å². The van der Waals surface area contributed by atoms with E-state index in [2.05, 4.69) is 159 Å². The third-order valence-corrected chi connectivity index (χ3v) is 8.06. The van der Waals surface area contributed by atoms with Crippen molar-refractivity contribution in [1.82, 2.24) is 0 Å². The van der Waals surface area contributed by atoms with E-state index in [-0.39, 0.29) is 0 Å². The zero-order chi connectivity index (χ0) is 33.3. The summed E-state index contributed by atoms with van der Waals surface area (Å²) in [6, 6.07) is 33.8. The van der Waals surface area contributed by atoms with Crippen LogP contribution >= 0.6 is 17.0 Å². The molecule has 0 heterocycles. The van der Waals surface area contributed by atoms with E-state index in [0.717, 1.165) is 9.52 Å². The fourth-order valence-electron chi connectivity index (χ4n) is 5.70. The summed E-state index contributed by atoms with van der Waals surface area (Å²) in [5.41, 5.74) is 14.9. The molecule has 6 aromatic rings. The molecule has 0 saturated heterocycles. The molecule has 45 heavy (non-hydrogen) atoms. The van der Waals surface area contributed by atoms with Crippen LogP contribution in [0.4, 0.5) is 0 Å². The fraction of sp³-hybridized carbons (Fsp3) is 0.268. The van der Waals surface area contributed by atoms with Gasteiger partial charge in [0.25, 0.3) is 0 Å². The van der Waals surface area contributed by atoms with Crippen LogP contribution in [-0.2, 0) is 20.8 Å². The second-order valence-electron chi connectivity index (χ2n) is 12.3. The number of benzene rings is 4. The summed E-state index contributed by atoms with van der Waals surface area (Å²) in [6.45, 7) is 21.9. The van der Waals surface area contributed by atoms with Crippen molar-refractivity contribution in [3.8, 4) is 22.3 Å². The molecule has 0 fully saturated rings. The van der Waals surface area contributed by atoms with Crippen LogP contribution in [-0.4, -0.2) is 9.52 Å². The Hall–Kier alpha value is -2.22. The number of halogens is 2. The van der Waals surface area contributed by atoms with Crippen LogP contribution in [0.1, 0.15) is 58.7 Å². The average Bonchev–Trinajstić information content (AvgIpc) is 3.62. The Morgan fingerprint density at radius 1 is 0.600 bits per heavy atom. The number of fused-ring (bicyclic) bond motifs is 2. The van der Waals surface area contributed by atoms with Gasteiger partial charge < -0.3 is 0 Å². The van der Waals surface area contributed by atoms with Crippen molar-refractivity contribution in [1.29, 1.82) is 0 Å². The predicted octanol–water partition coefficient (Wildman–Crippen LogP) is 13.6. The van der Waals surface area contributed by atoms with Gasteiger partial charge >= 0.3 is 37.9 Å². The van der Waals surface area contributed by atoms with E-state index in [0.29, 0.717) is 5.92 Å². The maximum atomic E-state index is 4.93. The molecule has 0 aliphatic heterocycles. The van der Waals surface area contributed by atoms with Gasteiger partial charge in [0.1, 0.15) is 0 Å². The molecular formula is C41H46Cl2SiZr. The summed E-state index contributed by atoms with van der Waals surface area (Å²) in [5.74, 6) is 0.578. The summed E-state index contributed by atoms with van der Waals surface area (Å²) in [5, 5.41) is 5.50. The molecule has 0 aliphatic carbocycles. The van der Waals surface area contributed by atoms with E-state index in [1.807, 2.05) is 0 Å². The molecule has 0 unspecified atom stereocenters. The topological polar surface area (TPSA) is 0 Å². The van der Waals surface area contributed by atoms with Crippen LogP contribution in [0.25, 0.3) is 43.8 Å². The number of rotatable bonds is 3. The van der Waals surface area contributed by atoms with Crippen LogP contribution in [0.5, 0.6) is 0 Å². The first-order valence-electron chi connectivity index (χ1n) is 15.5. The van der Waals surface area contributed by atoms with E-state index in [1.54, 1.807) is 0 Å². The minimum atomic E-state index is -0.826. The van der Waals surface area contributed by atoms with Crippen LogP contribution in [0, 0.1) is 41.5 Å². The van der Waals surface area contributed by atoms with Gasteiger partial charge in [0.15, 0.2) is 0 Å². The van der Waals surface area contributed by atoms with Crippen LogP contribution in [0.2, 0.25) is 13.1 Å². The fourth-order valence-corrected chi connectivity index (χ4v) is 5.70. The molecule has 6 aromatic carbocycles. The van der Waals surface area contributed by atoms with Crippen molar-refractivity contribution >= 4 is 48.1 Å². The summed E-state index contributed by atoms with van der Waals surface area (Å²) < 4.78 is 0. The number of hydrogen-bond donors (Lipinski definition) is 0. The molecule has 2 radical (unpaired) electrons. The average molecular weight is 729 g/mol. The second-order valence-corrected chi connectivity index (χ2v) is 17.0. The molecule has 0 N–H and O–H groups in total. The summed E-state index contributed by atoms with van der Waals surface area (Å²) in [6.07, 6.45) is 0. The third-order valence-electron chi connectivity index (χ3n) is 8.06. The van der Waals surface area contributed by atoms with Crippen molar-refractivity contribution in [2.45, 2.75) is 74.4 Å². The van der Waals surface area contributed by atoms with Gasteiger partial charge in [0, 0.05) is 9.52 Å². The Kier molecular flexibility index (Phi) is 14.6. The quantitative estimate of drug-likeness (QED) is 0.126. The first-order valence-corrected chi connectivity index (χ1v) is 23.8.